The highest BCUT2D eigenvalue weighted by Crippen LogP contribution is 2.42. The van der Waals surface area contributed by atoms with Crippen LogP contribution in [0.5, 0.6) is 0 Å². The molecule has 0 radical (unpaired) electrons. The fourth-order valence-electron chi connectivity index (χ4n) is 1.53. The number of carboxylic acid groups (broad SMARTS) is 2. The number of aliphatic carboxylic acids is 2. The average molecular weight is 323 g/mol. The molecule has 10 heteroatoms. The molecule has 9 nitrogen and oxygen atoms in total. The number of aliphatic imine (C=N–C) groups is 1. The molecular weight excluding hydrogens is 303 g/mol. The van der Waals surface area contributed by atoms with E-state index in [-0.39, 0.29) is 25.2 Å². The zero-order valence-corrected chi connectivity index (χ0v) is 12.5. The third-order valence-electron chi connectivity index (χ3n) is 2.58. The molecule has 5 N–H and O–H groups in total. The summed E-state index contributed by atoms with van der Waals surface area (Å²) < 4.78 is 11.7. The van der Waals surface area contributed by atoms with E-state index in [0.717, 1.165) is 0 Å². The van der Waals surface area contributed by atoms with Gasteiger partial charge in [0.15, 0.2) is 0 Å². The summed E-state index contributed by atoms with van der Waals surface area (Å²) in [5.74, 6) is -2.99. The van der Waals surface area contributed by atoms with Gasteiger partial charge in [0, 0.05) is 12.3 Å². The van der Waals surface area contributed by atoms with E-state index in [4.69, 9.17) is 15.9 Å². The van der Waals surface area contributed by atoms with Crippen molar-refractivity contribution in [2.75, 3.05) is 12.3 Å². The van der Waals surface area contributed by atoms with Crippen LogP contribution in [-0.2, 0) is 14.2 Å². The Labute approximate surface area is 122 Å². The zero-order chi connectivity index (χ0) is 16.6. The molecule has 0 fully saturated rings. The molecule has 0 aliphatic rings. The first-order valence-electron chi connectivity index (χ1n) is 6.28. The Hall–Kier alpha value is -1.44. The molecule has 3 atom stereocenters. The summed E-state index contributed by atoms with van der Waals surface area (Å²) in [6.45, 7) is 1.46. The molecule has 0 saturated heterocycles. The molecule has 0 amide bonds. The normalized spacial score (nSPS) is 17.8. The molecule has 0 heterocycles. The number of rotatable bonds is 10. The van der Waals surface area contributed by atoms with Gasteiger partial charge in [-0.3, -0.25) is 14.2 Å². The number of nitrogens with two attached hydrogens (primary N) is 1. The molecule has 0 aliphatic carbocycles. The summed E-state index contributed by atoms with van der Waals surface area (Å²) in [7, 11) is -3.66. The van der Waals surface area contributed by atoms with Crippen molar-refractivity contribution in [3.05, 3.63) is 0 Å². The summed E-state index contributed by atoms with van der Waals surface area (Å²) in [5.41, 5.74) is 5.23. The summed E-state index contributed by atoms with van der Waals surface area (Å²) in [6, 6.07) is -1.90. The number of nitrogens with zero attached hydrogens (tertiary/aromatic N) is 1. The van der Waals surface area contributed by atoms with Crippen molar-refractivity contribution in [3.8, 4) is 0 Å². The maximum Gasteiger partial charge on any atom is 0.320 e. The van der Waals surface area contributed by atoms with E-state index in [0.29, 0.717) is 0 Å². The van der Waals surface area contributed by atoms with Crippen LogP contribution in [0.4, 0.5) is 0 Å². The van der Waals surface area contributed by atoms with Gasteiger partial charge in [-0.1, -0.05) is 0 Å². The van der Waals surface area contributed by atoms with Gasteiger partial charge in [0.05, 0.1) is 12.5 Å². The van der Waals surface area contributed by atoms with Crippen LogP contribution in [0, 0.1) is 0 Å². The van der Waals surface area contributed by atoms with Crippen LogP contribution in [0.2, 0.25) is 0 Å². The van der Waals surface area contributed by atoms with E-state index >= 15 is 0 Å². The van der Waals surface area contributed by atoms with Gasteiger partial charge in [-0.25, -0.2) is 0 Å². The first-order valence-corrected chi connectivity index (χ1v) is 8.31. The molecule has 0 aromatic heterocycles. The van der Waals surface area contributed by atoms with Gasteiger partial charge in [0.1, 0.15) is 6.04 Å². The molecule has 0 saturated carbocycles. The second-order valence-corrected chi connectivity index (χ2v) is 7.26. The van der Waals surface area contributed by atoms with Gasteiger partial charge in [-0.2, -0.15) is 0 Å². The van der Waals surface area contributed by atoms with Gasteiger partial charge in [0.2, 0.25) is 7.37 Å². The minimum Gasteiger partial charge on any atom is -0.862 e. The number of carboxylic acids is 2. The third-order valence-corrected chi connectivity index (χ3v) is 4.60. The summed E-state index contributed by atoms with van der Waals surface area (Å²) in [5, 5.41) is 28.5. The van der Waals surface area contributed by atoms with Crippen molar-refractivity contribution in [2.24, 2.45) is 10.7 Å². The zero-order valence-electron chi connectivity index (χ0n) is 11.6. The molecule has 0 aromatic carbocycles. The second kappa shape index (κ2) is 8.76. The van der Waals surface area contributed by atoms with Crippen LogP contribution in [0.15, 0.2) is 4.99 Å². The Morgan fingerprint density at radius 1 is 1.33 bits per heavy atom. The highest BCUT2D eigenvalue weighted by Gasteiger charge is 2.22. The topological polar surface area (TPSA) is 173 Å². The van der Waals surface area contributed by atoms with E-state index in [1.54, 1.807) is 0 Å². The van der Waals surface area contributed by atoms with Crippen LogP contribution >= 0.6 is 7.37 Å². The van der Waals surface area contributed by atoms with Crippen LogP contribution in [0.1, 0.15) is 26.2 Å². The lowest BCUT2D eigenvalue weighted by atomic mass is 10.2. The van der Waals surface area contributed by atoms with E-state index < -0.39 is 43.7 Å². The lowest BCUT2D eigenvalue weighted by molar-refractivity contribution is -0.219. The lowest BCUT2D eigenvalue weighted by Crippen LogP contribution is -2.32. The Morgan fingerprint density at radius 2 is 1.90 bits per heavy atom. The standard InChI is InChI=1S/C11H21N2O7P/c1-7(6-21(19,20)5-4-10(15)16)13-9(14)3-2-8(12)11(17)18/h7-8H,2-6,12H2,1H3,(H,13,14)(H,15,16)(H,17,18)(H,19,20)/p-1/t7-,8+/m1/s1. The van der Waals surface area contributed by atoms with Crippen LogP contribution in [0.3, 0.4) is 0 Å². The van der Waals surface area contributed by atoms with E-state index in [9.17, 15) is 24.2 Å². The molecule has 0 bridgehead atoms. The minimum absolute atomic E-state index is 0.0693. The van der Waals surface area contributed by atoms with Crippen molar-refractivity contribution in [1.29, 1.82) is 0 Å². The lowest BCUT2D eigenvalue weighted by Gasteiger charge is -2.18. The van der Waals surface area contributed by atoms with Gasteiger partial charge < -0.3 is 30.9 Å². The van der Waals surface area contributed by atoms with Crippen molar-refractivity contribution >= 4 is 25.2 Å². The summed E-state index contributed by atoms with van der Waals surface area (Å²) in [4.78, 5) is 34.0. The monoisotopic (exact) mass is 323 g/mol. The molecule has 0 aliphatic heterocycles. The Morgan fingerprint density at radius 3 is 2.38 bits per heavy atom. The number of carbonyl (C=O) groups is 2. The highest BCUT2D eigenvalue weighted by molar-refractivity contribution is 7.58. The minimum atomic E-state index is -3.66. The number of hydrogen-bond donors (Lipinski definition) is 4. The van der Waals surface area contributed by atoms with Crippen molar-refractivity contribution in [1.82, 2.24) is 0 Å². The molecule has 0 spiro atoms. The van der Waals surface area contributed by atoms with Gasteiger partial charge in [-0.15, -0.1) is 0 Å². The quantitative estimate of drug-likeness (QED) is 0.226. The predicted octanol–water partition coefficient (Wildman–Crippen LogP) is -0.929. The fourth-order valence-corrected chi connectivity index (χ4v) is 3.16. The molecule has 1 unspecified atom stereocenters. The van der Waals surface area contributed by atoms with Gasteiger partial charge in [0.25, 0.3) is 0 Å². The average Bonchev–Trinajstić information content (AvgIpc) is 2.32. The van der Waals surface area contributed by atoms with Crippen molar-refractivity contribution in [3.63, 3.8) is 0 Å². The second-order valence-electron chi connectivity index (χ2n) is 4.75. The summed E-state index contributed by atoms with van der Waals surface area (Å²) in [6.07, 6.45) is -1.33. The largest absolute Gasteiger partial charge is 0.862 e. The molecular formula is C11H20N2O7P-. The highest BCUT2D eigenvalue weighted by atomic mass is 31.2. The van der Waals surface area contributed by atoms with Crippen LogP contribution < -0.4 is 10.8 Å². The first kappa shape index (κ1) is 19.6. The van der Waals surface area contributed by atoms with E-state index in [1.165, 1.54) is 6.92 Å². The van der Waals surface area contributed by atoms with E-state index in [1.807, 2.05) is 0 Å². The molecule has 122 valence electrons. The molecule has 0 rings (SSSR count). The van der Waals surface area contributed by atoms with Crippen molar-refractivity contribution in [2.45, 2.75) is 38.3 Å². The Kier molecular flexibility index (Phi) is 8.16. The van der Waals surface area contributed by atoms with E-state index in [2.05, 4.69) is 4.99 Å². The predicted molar refractivity (Wildman–Crippen MR) is 73.6 cm³/mol. The first-order chi connectivity index (χ1) is 9.53. The Bertz CT molecular complexity index is 452. The van der Waals surface area contributed by atoms with Crippen molar-refractivity contribution < 1.29 is 34.4 Å². The van der Waals surface area contributed by atoms with Crippen LogP contribution in [-0.4, -0.2) is 57.4 Å². The SMILES string of the molecule is C[C@H](CP(=O)(O)CCC(=O)O)N=C([O-])CC[C@H](N)C(=O)O. The fraction of sp³-hybridized carbons (Fsp3) is 0.727. The summed E-state index contributed by atoms with van der Waals surface area (Å²) >= 11 is 0. The van der Waals surface area contributed by atoms with Crippen LogP contribution in [0.25, 0.3) is 0 Å². The van der Waals surface area contributed by atoms with Gasteiger partial charge >= 0.3 is 11.9 Å². The maximum atomic E-state index is 11.7. The van der Waals surface area contributed by atoms with Gasteiger partial charge in [-0.05, 0) is 25.7 Å². The molecule has 0 aromatic rings. The number of hydrogen-bond acceptors (Lipinski definition) is 6. The smallest absolute Gasteiger partial charge is 0.320 e. The Balaban J connectivity index is 4.35. The third kappa shape index (κ3) is 10.0. The molecule has 21 heavy (non-hydrogen) atoms. The maximum absolute atomic E-state index is 11.7.